The second kappa shape index (κ2) is 5.17. The standard InChI is InChI=1S/C13H24N2O/c1-3-14-8-10(2)13(16)15(12-6-7-12)9-11-4-5-11/h10-12,14H,3-9H2,1-2H3. The molecule has 0 heterocycles. The maximum absolute atomic E-state index is 12.3. The Morgan fingerprint density at radius 3 is 2.56 bits per heavy atom. The average Bonchev–Trinajstić information content (AvgIpc) is 3.14. The van der Waals surface area contributed by atoms with E-state index in [0.29, 0.717) is 11.9 Å². The fourth-order valence-corrected chi connectivity index (χ4v) is 2.12. The quantitative estimate of drug-likeness (QED) is 0.713. The molecule has 0 aliphatic heterocycles. The van der Waals surface area contributed by atoms with Crippen LogP contribution in [0.3, 0.4) is 0 Å². The summed E-state index contributed by atoms with van der Waals surface area (Å²) in [5.41, 5.74) is 0. The van der Waals surface area contributed by atoms with Crippen LogP contribution < -0.4 is 5.32 Å². The Labute approximate surface area is 98.6 Å². The molecule has 0 aromatic rings. The molecule has 1 N–H and O–H groups in total. The Bertz CT molecular complexity index is 246. The molecule has 0 radical (unpaired) electrons. The first-order valence-electron chi connectivity index (χ1n) is 6.73. The van der Waals surface area contributed by atoms with Crippen molar-refractivity contribution in [2.45, 2.75) is 45.6 Å². The summed E-state index contributed by atoms with van der Waals surface area (Å²) in [4.78, 5) is 14.4. The van der Waals surface area contributed by atoms with Gasteiger partial charge >= 0.3 is 0 Å². The van der Waals surface area contributed by atoms with E-state index in [-0.39, 0.29) is 5.92 Å². The highest BCUT2D eigenvalue weighted by atomic mass is 16.2. The lowest BCUT2D eigenvalue weighted by molar-refractivity contribution is -0.135. The molecule has 1 atom stereocenters. The molecular formula is C13H24N2O. The highest BCUT2D eigenvalue weighted by Crippen LogP contribution is 2.35. The third-order valence-electron chi connectivity index (χ3n) is 3.54. The molecule has 0 aromatic heterocycles. The molecule has 16 heavy (non-hydrogen) atoms. The molecule has 1 amide bonds. The molecule has 3 nitrogen and oxygen atoms in total. The van der Waals surface area contributed by atoms with E-state index in [9.17, 15) is 4.79 Å². The van der Waals surface area contributed by atoms with Crippen molar-refractivity contribution in [1.29, 1.82) is 0 Å². The Morgan fingerprint density at radius 2 is 2.06 bits per heavy atom. The van der Waals surface area contributed by atoms with Crippen LogP contribution in [0, 0.1) is 11.8 Å². The summed E-state index contributed by atoms with van der Waals surface area (Å²) in [6, 6.07) is 0.581. The first-order valence-corrected chi connectivity index (χ1v) is 6.73. The van der Waals surface area contributed by atoms with Crippen LogP contribution in [0.25, 0.3) is 0 Å². The van der Waals surface area contributed by atoms with Crippen molar-refractivity contribution in [3.05, 3.63) is 0 Å². The highest BCUT2D eigenvalue weighted by molar-refractivity contribution is 5.79. The van der Waals surface area contributed by atoms with Crippen molar-refractivity contribution < 1.29 is 4.79 Å². The van der Waals surface area contributed by atoms with Gasteiger partial charge < -0.3 is 10.2 Å². The third kappa shape index (κ3) is 3.21. The van der Waals surface area contributed by atoms with Gasteiger partial charge in [0.2, 0.25) is 5.91 Å². The van der Waals surface area contributed by atoms with Crippen LogP contribution in [-0.2, 0) is 4.79 Å². The van der Waals surface area contributed by atoms with E-state index < -0.39 is 0 Å². The molecule has 2 aliphatic rings. The summed E-state index contributed by atoms with van der Waals surface area (Å²) in [5, 5.41) is 3.26. The minimum Gasteiger partial charge on any atom is -0.339 e. The number of nitrogens with one attached hydrogen (secondary N) is 1. The van der Waals surface area contributed by atoms with Crippen LogP contribution in [-0.4, -0.2) is 36.5 Å². The lowest BCUT2D eigenvalue weighted by Gasteiger charge is -2.26. The number of amides is 1. The molecule has 2 rings (SSSR count). The molecule has 0 spiro atoms. The predicted molar refractivity (Wildman–Crippen MR) is 65.2 cm³/mol. The minimum atomic E-state index is 0.138. The number of carbonyl (C=O) groups is 1. The van der Waals surface area contributed by atoms with E-state index in [2.05, 4.69) is 17.1 Å². The van der Waals surface area contributed by atoms with Gasteiger partial charge in [-0.15, -0.1) is 0 Å². The van der Waals surface area contributed by atoms with Crippen molar-refractivity contribution in [3.8, 4) is 0 Å². The van der Waals surface area contributed by atoms with Crippen LogP contribution in [0.2, 0.25) is 0 Å². The van der Waals surface area contributed by atoms with E-state index in [1.54, 1.807) is 0 Å². The lowest BCUT2D eigenvalue weighted by Crippen LogP contribution is -2.41. The summed E-state index contributed by atoms with van der Waals surface area (Å²) in [5.74, 6) is 1.32. The smallest absolute Gasteiger partial charge is 0.226 e. The van der Waals surface area contributed by atoms with E-state index in [4.69, 9.17) is 0 Å². The fourth-order valence-electron chi connectivity index (χ4n) is 2.12. The highest BCUT2D eigenvalue weighted by Gasteiger charge is 2.37. The first-order chi connectivity index (χ1) is 7.72. The monoisotopic (exact) mass is 224 g/mol. The molecular weight excluding hydrogens is 200 g/mol. The van der Waals surface area contributed by atoms with Gasteiger partial charge in [-0.3, -0.25) is 4.79 Å². The van der Waals surface area contributed by atoms with E-state index in [0.717, 1.165) is 25.6 Å². The van der Waals surface area contributed by atoms with Crippen molar-refractivity contribution in [2.75, 3.05) is 19.6 Å². The van der Waals surface area contributed by atoms with Gasteiger partial charge in [-0.25, -0.2) is 0 Å². The van der Waals surface area contributed by atoms with Crippen LogP contribution in [0.15, 0.2) is 0 Å². The maximum Gasteiger partial charge on any atom is 0.226 e. The Hall–Kier alpha value is -0.570. The Morgan fingerprint density at radius 1 is 1.38 bits per heavy atom. The fraction of sp³-hybridized carbons (Fsp3) is 0.923. The molecule has 3 heteroatoms. The Kier molecular flexibility index (Phi) is 3.85. The summed E-state index contributed by atoms with van der Waals surface area (Å²) in [7, 11) is 0. The Balaban J connectivity index is 1.82. The number of carbonyl (C=O) groups excluding carboxylic acids is 1. The second-order valence-electron chi connectivity index (χ2n) is 5.37. The number of hydrogen-bond donors (Lipinski definition) is 1. The average molecular weight is 224 g/mol. The normalized spacial score (nSPS) is 21.9. The van der Waals surface area contributed by atoms with Crippen molar-refractivity contribution in [3.63, 3.8) is 0 Å². The molecule has 92 valence electrons. The van der Waals surface area contributed by atoms with Gasteiger partial charge in [0.15, 0.2) is 0 Å². The van der Waals surface area contributed by atoms with E-state index in [1.165, 1.54) is 25.7 Å². The summed E-state index contributed by atoms with van der Waals surface area (Å²) in [6.07, 6.45) is 5.12. The van der Waals surface area contributed by atoms with Crippen LogP contribution >= 0.6 is 0 Å². The van der Waals surface area contributed by atoms with E-state index in [1.807, 2.05) is 6.92 Å². The van der Waals surface area contributed by atoms with Gasteiger partial charge in [0, 0.05) is 25.0 Å². The zero-order valence-electron chi connectivity index (χ0n) is 10.5. The number of rotatable bonds is 7. The van der Waals surface area contributed by atoms with Crippen molar-refractivity contribution in [1.82, 2.24) is 10.2 Å². The van der Waals surface area contributed by atoms with Gasteiger partial charge in [-0.05, 0) is 38.1 Å². The molecule has 2 aliphatic carbocycles. The summed E-state index contributed by atoms with van der Waals surface area (Å²) in [6.45, 7) is 6.93. The van der Waals surface area contributed by atoms with Gasteiger partial charge in [0.1, 0.15) is 0 Å². The zero-order valence-corrected chi connectivity index (χ0v) is 10.5. The zero-order chi connectivity index (χ0) is 11.5. The molecule has 0 bridgehead atoms. The first kappa shape index (κ1) is 11.9. The second-order valence-corrected chi connectivity index (χ2v) is 5.37. The van der Waals surface area contributed by atoms with Crippen LogP contribution in [0.1, 0.15) is 39.5 Å². The third-order valence-corrected chi connectivity index (χ3v) is 3.54. The maximum atomic E-state index is 12.3. The van der Waals surface area contributed by atoms with Crippen LogP contribution in [0.4, 0.5) is 0 Å². The van der Waals surface area contributed by atoms with E-state index >= 15 is 0 Å². The lowest BCUT2D eigenvalue weighted by atomic mass is 10.1. The number of nitrogens with zero attached hydrogens (tertiary/aromatic N) is 1. The molecule has 2 saturated carbocycles. The van der Waals surface area contributed by atoms with Gasteiger partial charge in [-0.2, -0.15) is 0 Å². The van der Waals surface area contributed by atoms with Crippen molar-refractivity contribution >= 4 is 5.91 Å². The topological polar surface area (TPSA) is 32.3 Å². The largest absolute Gasteiger partial charge is 0.339 e. The van der Waals surface area contributed by atoms with Crippen molar-refractivity contribution in [2.24, 2.45) is 11.8 Å². The summed E-state index contributed by atoms with van der Waals surface area (Å²) >= 11 is 0. The molecule has 0 saturated heterocycles. The SMILES string of the molecule is CCNCC(C)C(=O)N(CC1CC1)C1CC1. The summed E-state index contributed by atoms with van der Waals surface area (Å²) < 4.78 is 0. The van der Waals surface area contributed by atoms with Crippen LogP contribution in [0.5, 0.6) is 0 Å². The van der Waals surface area contributed by atoms with Gasteiger partial charge in [0.05, 0.1) is 0 Å². The number of hydrogen-bond acceptors (Lipinski definition) is 2. The van der Waals surface area contributed by atoms with Gasteiger partial charge in [-0.1, -0.05) is 13.8 Å². The molecule has 2 fully saturated rings. The predicted octanol–water partition coefficient (Wildman–Crippen LogP) is 1.63. The minimum absolute atomic E-state index is 0.138. The molecule has 0 aromatic carbocycles. The van der Waals surface area contributed by atoms with Gasteiger partial charge in [0.25, 0.3) is 0 Å². The molecule has 1 unspecified atom stereocenters.